The molecule has 0 atom stereocenters. The highest BCUT2D eigenvalue weighted by Crippen LogP contribution is 2.37. The van der Waals surface area contributed by atoms with Crippen molar-refractivity contribution < 1.29 is 13.9 Å². The van der Waals surface area contributed by atoms with Crippen LogP contribution in [0.15, 0.2) is 76.0 Å². The van der Waals surface area contributed by atoms with Crippen molar-refractivity contribution in [1.29, 1.82) is 0 Å². The van der Waals surface area contributed by atoms with Crippen LogP contribution in [0.25, 0.3) is 27.7 Å². The molecule has 4 aromatic rings. The molecule has 0 saturated carbocycles. The minimum Gasteiger partial charge on any atom is -0.496 e. The van der Waals surface area contributed by atoms with Crippen molar-refractivity contribution in [3.8, 4) is 16.9 Å². The molecule has 5 nitrogen and oxygen atoms in total. The fraction of sp³-hybridized carbons (Fsp3) is 0.0833. The molecule has 1 amide bonds. The van der Waals surface area contributed by atoms with Gasteiger partial charge in [-0.3, -0.25) is 4.79 Å². The largest absolute Gasteiger partial charge is 0.496 e. The van der Waals surface area contributed by atoms with Gasteiger partial charge in [-0.05, 0) is 48.4 Å². The van der Waals surface area contributed by atoms with Crippen LogP contribution in [0, 0.1) is 0 Å². The molecule has 0 saturated heterocycles. The Labute approximate surface area is 192 Å². The number of fused-ring (bicyclic) bond motifs is 1. The number of halogens is 2. The predicted molar refractivity (Wildman–Crippen MR) is 127 cm³/mol. The Bertz CT molecular complexity index is 1300. The SMILES string of the molecule is COc1cc2occ(-c3ccc(Br)cc3)c2cc1/C(C)=C/C(=O)Nc1cccnc1Cl. The third-order valence-corrected chi connectivity index (χ3v) is 5.67. The summed E-state index contributed by atoms with van der Waals surface area (Å²) in [6.45, 7) is 1.85. The Morgan fingerprint density at radius 3 is 2.71 bits per heavy atom. The molecular weight excluding hydrogens is 480 g/mol. The molecule has 0 aliphatic carbocycles. The van der Waals surface area contributed by atoms with Crippen LogP contribution >= 0.6 is 27.5 Å². The normalized spacial score (nSPS) is 11.5. The molecule has 0 aliphatic rings. The molecule has 0 spiro atoms. The van der Waals surface area contributed by atoms with Crippen molar-refractivity contribution in [2.45, 2.75) is 6.92 Å². The number of carbonyl (C=O) groups excluding carboxylic acids is 1. The number of pyridine rings is 1. The summed E-state index contributed by atoms with van der Waals surface area (Å²) >= 11 is 9.49. The number of amides is 1. The van der Waals surface area contributed by atoms with Crippen LogP contribution in [0.2, 0.25) is 5.15 Å². The fourth-order valence-electron chi connectivity index (χ4n) is 3.31. The van der Waals surface area contributed by atoms with E-state index in [1.807, 2.05) is 43.3 Å². The van der Waals surface area contributed by atoms with E-state index in [1.165, 1.54) is 6.08 Å². The average Bonchev–Trinajstić information content (AvgIpc) is 3.17. The summed E-state index contributed by atoms with van der Waals surface area (Å²) in [4.78, 5) is 16.5. The molecule has 0 radical (unpaired) electrons. The molecule has 7 heteroatoms. The first-order valence-electron chi connectivity index (χ1n) is 9.41. The Kier molecular flexibility index (Phi) is 6.11. The monoisotopic (exact) mass is 496 g/mol. The zero-order chi connectivity index (χ0) is 22.0. The van der Waals surface area contributed by atoms with Crippen molar-refractivity contribution in [2.75, 3.05) is 12.4 Å². The summed E-state index contributed by atoms with van der Waals surface area (Å²) in [6.07, 6.45) is 4.80. The second kappa shape index (κ2) is 8.96. The van der Waals surface area contributed by atoms with Crippen molar-refractivity contribution in [1.82, 2.24) is 4.98 Å². The van der Waals surface area contributed by atoms with Crippen LogP contribution in [0.1, 0.15) is 12.5 Å². The summed E-state index contributed by atoms with van der Waals surface area (Å²) in [5, 5.41) is 3.92. The van der Waals surface area contributed by atoms with E-state index >= 15 is 0 Å². The van der Waals surface area contributed by atoms with Crippen LogP contribution in [0.5, 0.6) is 5.75 Å². The first kappa shape index (κ1) is 21.2. The number of anilines is 1. The quantitative estimate of drug-likeness (QED) is 0.239. The van der Waals surface area contributed by atoms with Crippen molar-refractivity contribution >= 4 is 55.7 Å². The average molecular weight is 498 g/mol. The van der Waals surface area contributed by atoms with Crippen LogP contribution < -0.4 is 10.1 Å². The van der Waals surface area contributed by atoms with E-state index in [0.717, 1.165) is 32.1 Å². The van der Waals surface area contributed by atoms with Gasteiger partial charge in [0.1, 0.15) is 11.3 Å². The molecule has 4 rings (SSSR count). The second-order valence-corrected chi connectivity index (χ2v) is 8.14. The van der Waals surface area contributed by atoms with E-state index in [1.54, 1.807) is 31.7 Å². The lowest BCUT2D eigenvalue weighted by molar-refractivity contribution is -0.111. The number of hydrogen-bond acceptors (Lipinski definition) is 4. The van der Waals surface area contributed by atoms with Gasteiger partial charge in [0.2, 0.25) is 5.91 Å². The molecule has 2 aromatic carbocycles. The Hall–Kier alpha value is -3.09. The van der Waals surface area contributed by atoms with Crippen molar-refractivity contribution in [3.63, 3.8) is 0 Å². The van der Waals surface area contributed by atoms with Gasteiger partial charge in [0.15, 0.2) is 5.15 Å². The van der Waals surface area contributed by atoms with Crippen LogP contribution in [0.3, 0.4) is 0 Å². The third-order valence-electron chi connectivity index (χ3n) is 4.84. The lowest BCUT2D eigenvalue weighted by Crippen LogP contribution is -2.09. The van der Waals surface area contributed by atoms with Crippen LogP contribution in [0.4, 0.5) is 5.69 Å². The van der Waals surface area contributed by atoms with Gasteiger partial charge in [-0.25, -0.2) is 4.98 Å². The number of aromatic nitrogens is 1. The molecule has 0 fully saturated rings. The smallest absolute Gasteiger partial charge is 0.248 e. The first-order valence-corrected chi connectivity index (χ1v) is 10.6. The van der Waals surface area contributed by atoms with E-state index in [0.29, 0.717) is 17.0 Å². The van der Waals surface area contributed by atoms with Gasteiger partial charge in [0.05, 0.1) is 19.1 Å². The topological polar surface area (TPSA) is 64.4 Å². The molecule has 2 aromatic heterocycles. The summed E-state index contributed by atoms with van der Waals surface area (Å²) in [5.74, 6) is 0.306. The van der Waals surface area contributed by atoms with Gasteiger partial charge in [-0.15, -0.1) is 0 Å². The number of nitrogens with zero attached hydrogens (tertiary/aromatic N) is 1. The summed E-state index contributed by atoms with van der Waals surface area (Å²) in [5.41, 5.74) is 4.68. The zero-order valence-electron chi connectivity index (χ0n) is 16.8. The van der Waals surface area contributed by atoms with Crippen molar-refractivity contribution in [3.05, 3.63) is 82.3 Å². The number of nitrogens with one attached hydrogen (secondary N) is 1. The lowest BCUT2D eigenvalue weighted by atomic mass is 9.99. The number of ether oxygens (including phenoxy) is 1. The molecule has 31 heavy (non-hydrogen) atoms. The maximum Gasteiger partial charge on any atom is 0.248 e. The molecule has 0 unspecified atom stereocenters. The maximum atomic E-state index is 12.5. The molecule has 0 aliphatic heterocycles. The fourth-order valence-corrected chi connectivity index (χ4v) is 3.74. The van der Waals surface area contributed by atoms with Crippen LogP contribution in [-0.2, 0) is 4.79 Å². The summed E-state index contributed by atoms with van der Waals surface area (Å²) < 4.78 is 12.3. The number of benzene rings is 2. The van der Waals surface area contributed by atoms with Crippen LogP contribution in [-0.4, -0.2) is 18.0 Å². The van der Waals surface area contributed by atoms with Gasteiger partial charge in [-0.2, -0.15) is 0 Å². The second-order valence-electron chi connectivity index (χ2n) is 6.86. The van der Waals surface area contributed by atoms with Gasteiger partial charge in [0, 0.05) is 39.3 Å². The minimum absolute atomic E-state index is 0.235. The Morgan fingerprint density at radius 1 is 1.23 bits per heavy atom. The highest BCUT2D eigenvalue weighted by atomic mass is 79.9. The van der Waals surface area contributed by atoms with Crippen molar-refractivity contribution in [2.24, 2.45) is 0 Å². The number of allylic oxidation sites excluding steroid dienone is 1. The molecule has 1 N–H and O–H groups in total. The van der Waals surface area contributed by atoms with E-state index in [-0.39, 0.29) is 11.1 Å². The Balaban J connectivity index is 1.72. The van der Waals surface area contributed by atoms with E-state index < -0.39 is 0 Å². The predicted octanol–water partition coefficient (Wildman–Crippen LogP) is 6.96. The minimum atomic E-state index is -0.310. The first-order chi connectivity index (χ1) is 15.0. The highest BCUT2D eigenvalue weighted by Gasteiger charge is 2.15. The lowest BCUT2D eigenvalue weighted by Gasteiger charge is -2.10. The van der Waals surface area contributed by atoms with Gasteiger partial charge in [-0.1, -0.05) is 39.7 Å². The molecule has 2 heterocycles. The number of carbonyl (C=O) groups is 1. The standard InChI is InChI=1S/C24H18BrClN2O3/c1-14(10-23(29)28-20-4-3-9-27-24(20)26)17-11-18-19(15-5-7-16(25)8-6-15)13-31-22(18)12-21(17)30-2/h3-13H,1-2H3,(H,28,29)/b14-10+. The maximum absolute atomic E-state index is 12.5. The Morgan fingerprint density at radius 2 is 2.00 bits per heavy atom. The number of rotatable bonds is 5. The molecule has 156 valence electrons. The van der Waals surface area contributed by atoms with Gasteiger partial charge < -0.3 is 14.5 Å². The van der Waals surface area contributed by atoms with E-state index in [2.05, 4.69) is 26.2 Å². The van der Waals surface area contributed by atoms with E-state index in [9.17, 15) is 4.79 Å². The number of methoxy groups -OCH3 is 1. The molecular formula is C24H18BrClN2O3. The molecule has 0 bridgehead atoms. The third kappa shape index (κ3) is 4.50. The zero-order valence-corrected chi connectivity index (χ0v) is 19.1. The summed E-state index contributed by atoms with van der Waals surface area (Å²) in [6, 6.07) is 15.2. The number of hydrogen-bond donors (Lipinski definition) is 1. The van der Waals surface area contributed by atoms with E-state index in [4.69, 9.17) is 20.8 Å². The highest BCUT2D eigenvalue weighted by molar-refractivity contribution is 9.10. The summed E-state index contributed by atoms with van der Waals surface area (Å²) in [7, 11) is 1.59. The van der Waals surface area contributed by atoms with Gasteiger partial charge in [0.25, 0.3) is 0 Å². The van der Waals surface area contributed by atoms with Gasteiger partial charge >= 0.3 is 0 Å². The number of furan rings is 1.